The zero-order chi connectivity index (χ0) is 17.9. The molecule has 0 aliphatic carbocycles. The van der Waals surface area contributed by atoms with E-state index in [2.05, 4.69) is 17.1 Å². The zero-order valence-electron chi connectivity index (χ0n) is 14.7. The van der Waals surface area contributed by atoms with Crippen LogP contribution in [0.5, 0.6) is 0 Å². The van der Waals surface area contributed by atoms with E-state index in [0.29, 0.717) is 26.1 Å². The molecule has 7 heteroatoms. The number of carboxylic acids is 1. The third-order valence-corrected chi connectivity index (χ3v) is 5.51. The van der Waals surface area contributed by atoms with Crippen molar-refractivity contribution >= 4 is 12.0 Å². The first-order valence-corrected chi connectivity index (χ1v) is 9.05. The van der Waals surface area contributed by atoms with Crippen LogP contribution in [0, 0.1) is 5.41 Å². The fraction of sp³-hybridized carbons (Fsp3) is 0.667. The number of hydrogen-bond acceptors (Lipinski definition) is 4. The van der Waals surface area contributed by atoms with E-state index < -0.39 is 5.97 Å². The van der Waals surface area contributed by atoms with Crippen LogP contribution in [0.4, 0.5) is 4.79 Å². The molecular formula is C18H27N3O4. The Morgan fingerprint density at radius 1 is 1.40 bits per heavy atom. The number of aliphatic carboxylic acids is 1. The average Bonchev–Trinajstić information content (AvgIpc) is 3.22. The maximum atomic E-state index is 12.3. The molecule has 1 spiro atoms. The van der Waals surface area contributed by atoms with E-state index in [4.69, 9.17) is 4.42 Å². The molecule has 2 amide bonds. The van der Waals surface area contributed by atoms with Crippen LogP contribution in [0.25, 0.3) is 0 Å². The maximum absolute atomic E-state index is 12.3. The van der Waals surface area contributed by atoms with Crippen LogP contribution in [-0.4, -0.2) is 59.1 Å². The molecule has 0 saturated carbocycles. The highest BCUT2D eigenvalue weighted by atomic mass is 16.4. The van der Waals surface area contributed by atoms with Crippen molar-refractivity contribution in [2.45, 2.75) is 45.2 Å². The number of carbonyl (C=O) groups excluding carboxylic acids is 1. The molecule has 2 N–H and O–H groups in total. The Hall–Kier alpha value is -2.02. The molecule has 138 valence electrons. The van der Waals surface area contributed by atoms with Gasteiger partial charge in [-0.2, -0.15) is 0 Å². The molecule has 1 atom stereocenters. The van der Waals surface area contributed by atoms with Gasteiger partial charge in [-0.05, 0) is 49.8 Å². The number of likely N-dealkylation sites (tertiary alicyclic amines) is 2. The summed E-state index contributed by atoms with van der Waals surface area (Å²) >= 11 is 0. The van der Waals surface area contributed by atoms with Crippen LogP contribution < -0.4 is 5.32 Å². The van der Waals surface area contributed by atoms with Gasteiger partial charge in [0.2, 0.25) is 0 Å². The van der Waals surface area contributed by atoms with Gasteiger partial charge in [-0.15, -0.1) is 0 Å². The fourth-order valence-electron chi connectivity index (χ4n) is 4.14. The molecule has 3 rings (SSSR count). The Balaban J connectivity index is 1.52. The molecule has 1 aromatic rings. The normalized spacial score (nSPS) is 23.1. The average molecular weight is 349 g/mol. The van der Waals surface area contributed by atoms with Crippen molar-refractivity contribution in [3.63, 3.8) is 0 Å². The summed E-state index contributed by atoms with van der Waals surface area (Å²) in [7, 11) is 0. The van der Waals surface area contributed by atoms with Gasteiger partial charge in [0.1, 0.15) is 11.8 Å². The van der Waals surface area contributed by atoms with Gasteiger partial charge in [0.25, 0.3) is 0 Å². The molecule has 0 bridgehead atoms. The quantitative estimate of drug-likeness (QED) is 0.851. The van der Waals surface area contributed by atoms with Gasteiger partial charge >= 0.3 is 12.0 Å². The predicted octanol–water partition coefficient (Wildman–Crippen LogP) is 2.14. The molecule has 2 saturated heterocycles. The summed E-state index contributed by atoms with van der Waals surface area (Å²) in [6.45, 7) is 5.48. The molecule has 2 aliphatic heterocycles. The van der Waals surface area contributed by atoms with Crippen molar-refractivity contribution in [1.82, 2.24) is 15.1 Å². The first-order valence-electron chi connectivity index (χ1n) is 9.05. The van der Waals surface area contributed by atoms with Gasteiger partial charge in [0.05, 0.1) is 12.8 Å². The van der Waals surface area contributed by atoms with E-state index in [9.17, 15) is 14.7 Å². The minimum Gasteiger partial charge on any atom is -0.480 e. The molecule has 0 aromatic carbocycles. The lowest BCUT2D eigenvalue weighted by Gasteiger charge is -2.39. The van der Waals surface area contributed by atoms with Crippen molar-refractivity contribution in [3.05, 3.63) is 24.2 Å². The standard InChI is InChI=1S/C18H27N3O4/c1-2-7-21-13-18(11-15(21)16(22)23)5-8-20(9-6-18)17(24)19-12-14-4-3-10-25-14/h3-4,10,15H,2,5-9,11-13H2,1H3,(H,19,24)(H,22,23). The van der Waals surface area contributed by atoms with Crippen molar-refractivity contribution in [2.24, 2.45) is 5.41 Å². The van der Waals surface area contributed by atoms with Gasteiger partial charge in [-0.3, -0.25) is 9.69 Å². The summed E-state index contributed by atoms with van der Waals surface area (Å²) in [6, 6.07) is 3.18. The van der Waals surface area contributed by atoms with Gasteiger partial charge in [-0.25, -0.2) is 4.79 Å². The monoisotopic (exact) mass is 349 g/mol. The van der Waals surface area contributed by atoms with E-state index in [1.807, 2.05) is 11.0 Å². The first-order chi connectivity index (χ1) is 12.0. The number of rotatable bonds is 5. The van der Waals surface area contributed by atoms with Crippen molar-refractivity contribution < 1.29 is 19.1 Å². The number of nitrogens with zero attached hydrogens (tertiary/aromatic N) is 2. The van der Waals surface area contributed by atoms with Crippen LogP contribution in [-0.2, 0) is 11.3 Å². The summed E-state index contributed by atoms with van der Waals surface area (Å²) in [5.41, 5.74) is 0.0377. The highest BCUT2D eigenvalue weighted by Crippen LogP contribution is 2.43. The number of carboxylic acid groups (broad SMARTS) is 1. The van der Waals surface area contributed by atoms with E-state index in [1.54, 1.807) is 12.3 Å². The van der Waals surface area contributed by atoms with Crippen LogP contribution in [0.2, 0.25) is 0 Å². The number of amides is 2. The number of carbonyl (C=O) groups is 2. The molecule has 3 heterocycles. The van der Waals surface area contributed by atoms with Crippen LogP contribution in [0.1, 0.15) is 38.4 Å². The third kappa shape index (κ3) is 3.98. The Kier molecular flexibility index (Phi) is 5.32. The van der Waals surface area contributed by atoms with Crippen molar-refractivity contribution in [3.8, 4) is 0 Å². The fourth-order valence-corrected chi connectivity index (χ4v) is 4.14. The Labute approximate surface area is 148 Å². The van der Waals surface area contributed by atoms with E-state index in [1.165, 1.54) is 0 Å². The Bertz CT molecular complexity index is 593. The molecule has 2 aliphatic rings. The van der Waals surface area contributed by atoms with E-state index in [0.717, 1.165) is 38.1 Å². The minimum atomic E-state index is -0.719. The first kappa shape index (κ1) is 17.8. The lowest BCUT2D eigenvalue weighted by molar-refractivity contribution is -0.142. The topological polar surface area (TPSA) is 86.0 Å². The second-order valence-corrected chi connectivity index (χ2v) is 7.25. The largest absolute Gasteiger partial charge is 0.480 e. The summed E-state index contributed by atoms with van der Waals surface area (Å²) in [6.07, 6.45) is 4.98. The van der Waals surface area contributed by atoms with Gasteiger partial charge in [0, 0.05) is 19.6 Å². The molecule has 1 aromatic heterocycles. The molecular weight excluding hydrogens is 322 g/mol. The van der Waals surface area contributed by atoms with Gasteiger partial charge < -0.3 is 19.7 Å². The van der Waals surface area contributed by atoms with Gasteiger partial charge in [0.15, 0.2) is 0 Å². The second kappa shape index (κ2) is 7.47. The summed E-state index contributed by atoms with van der Waals surface area (Å²) in [5.74, 6) is 0.0149. The Morgan fingerprint density at radius 3 is 2.76 bits per heavy atom. The molecule has 2 fully saturated rings. The summed E-state index contributed by atoms with van der Waals surface area (Å²) in [5, 5.41) is 12.4. The maximum Gasteiger partial charge on any atom is 0.320 e. The minimum absolute atomic E-state index is 0.0377. The van der Waals surface area contributed by atoms with Crippen LogP contribution in [0.3, 0.4) is 0 Å². The zero-order valence-corrected chi connectivity index (χ0v) is 14.7. The number of furan rings is 1. The second-order valence-electron chi connectivity index (χ2n) is 7.25. The number of urea groups is 1. The van der Waals surface area contributed by atoms with Crippen LogP contribution in [0.15, 0.2) is 22.8 Å². The molecule has 7 nitrogen and oxygen atoms in total. The highest BCUT2D eigenvalue weighted by molar-refractivity contribution is 5.75. The number of piperidine rings is 1. The molecule has 1 unspecified atom stereocenters. The Morgan fingerprint density at radius 2 is 2.16 bits per heavy atom. The number of hydrogen-bond donors (Lipinski definition) is 2. The van der Waals surface area contributed by atoms with Crippen molar-refractivity contribution in [1.29, 1.82) is 0 Å². The third-order valence-electron chi connectivity index (χ3n) is 5.51. The smallest absolute Gasteiger partial charge is 0.320 e. The molecule has 25 heavy (non-hydrogen) atoms. The highest BCUT2D eigenvalue weighted by Gasteiger charge is 2.48. The number of nitrogens with one attached hydrogen (secondary N) is 1. The lowest BCUT2D eigenvalue weighted by Crippen LogP contribution is -2.47. The molecule has 0 radical (unpaired) electrons. The summed E-state index contributed by atoms with van der Waals surface area (Å²) < 4.78 is 5.22. The summed E-state index contributed by atoms with van der Waals surface area (Å²) in [4.78, 5) is 27.8. The lowest BCUT2D eigenvalue weighted by atomic mass is 9.76. The van der Waals surface area contributed by atoms with E-state index >= 15 is 0 Å². The predicted molar refractivity (Wildman–Crippen MR) is 92.1 cm³/mol. The SMILES string of the molecule is CCCN1CC2(CCN(C(=O)NCc3ccco3)CC2)CC1C(=O)O. The van der Waals surface area contributed by atoms with E-state index in [-0.39, 0.29) is 17.5 Å². The van der Waals surface area contributed by atoms with Gasteiger partial charge in [-0.1, -0.05) is 6.92 Å². The van der Waals surface area contributed by atoms with Crippen molar-refractivity contribution in [2.75, 3.05) is 26.2 Å². The van der Waals surface area contributed by atoms with Crippen LogP contribution >= 0.6 is 0 Å².